The molecule has 5 nitrogen and oxygen atoms in total. The van der Waals surface area contributed by atoms with Crippen LogP contribution in [0.2, 0.25) is 0 Å². The van der Waals surface area contributed by atoms with Gasteiger partial charge in [-0.25, -0.2) is 0 Å². The summed E-state index contributed by atoms with van der Waals surface area (Å²) in [6.45, 7) is 2.05. The summed E-state index contributed by atoms with van der Waals surface area (Å²) < 4.78 is 4.88. The van der Waals surface area contributed by atoms with Crippen molar-refractivity contribution in [2.45, 2.75) is 25.6 Å². The monoisotopic (exact) mass is 176 g/mol. The molecule has 0 amide bonds. The molecule has 0 rings (SSSR count). The highest BCUT2D eigenvalue weighted by molar-refractivity contribution is 5.73. The average Bonchev–Trinajstić information content (AvgIpc) is 2.06. The second kappa shape index (κ2) is 5.93. The molecule has 72 valence electrons. The third kappa shape index (κ3) is 3.66. The number of hydrogen-bond acceptors (Lipinski definition) is 4. The first-order valence-electron chi connectivity index (χ1n) is 3.87. The number of aliphatic carboxylic acids is 1. The maximum absolute atomic E-state index is 10.5. The number of rotatable bonds is 6. The van der Waals surface area contributed by atoms with Crippen molar-refractivity contribution in [2.24, 2.45) is 5.73 Å². The van der Waals surface area contributed by atoms with Crippen LogP contribution in [-0.4, -0.2) is 37.0 Å². The zero-order valence-electron chi connectivity index (χ0n) is 7.41. The van der Waals surface area contributed by atoms with Gasteiger partial charge in [-0.3, -0.25) is 10.1 Å². The third-order valence-corrected chi connectivity index (χ3v) is 1.59. The summed E-state index contributed by atoms with van der Waals surface area (Å²) in [6.07, 6.45) is 0.126. The second-order valence-electron chi connectivity index (χ2n) is 2.43. The second-order valence-corrected chi connectivity index (χ2v) is 2.43. The highest BCUT2D eigenvalue weighted by atomic mass is 16.5. The van der Waals surface area contributed by atoms with Crippen LogP contribution in [0.5, 0.6) is 0 Å². The van der Waals surface area contributed by atoms with Crippen LogP contribution in [0.15, 0.2) is 0 Å². The van der Waals surface area contributed by atoms with Crippen LogP contribution >= 0.6 is 0 Å². The van der Waals surface area contributed by atoms with Gasteiger partial charge < -0.3 is 15.6 Å². The zero-order valence-corrected chi connectivity index (χ0v) is 7.41. The fourth-order valence-electron chi connectivity index (χ4n) is 0.820. The molecule has 4 N–H and O–H groups in total. The molecule has 0 spiro atoms. The van der Waals surface area contributed by atoms with Crippen molar-refractivity contribution < 1.29 is 14.6 Å². The molecule has 0 aliphatic carbocycles. The van der Waals surface area contributed by atoms with Crippen molar-refractivity contribution in [3.63, 3.8) is 0 Å². The molecule has 0 aliphatic heterocycles. The Bertz CT molecular complexity index is 137. The summed E-state index contributed by atoms with van der Waals surface area (Å²) in [6, 6.07) is -0.585. The van der Waals surface area contributed by atoms with E-state index in [1.54, 1.807) is 6.92 Å². The van der Waals surface area contributed by atoms with Crippen LogP contribution in [0.1, 0.15) is 13.3 Å². The molecule has 0 aliphatic rings. The normalized spacial score (nSPS) is 15.6. The summed E-state index contributed by atoms with van der Waals surface area (Å²) >= 11 is 0. The molecule has 0 aromatic rings. The molecular weight excluding hydrogens is 160 g/mol. The Morgan fingerprint density at radius 2 is 2.33 bits per heavy atom. The number of hydrogen-bond donors (Lipinski definition) is 3. The van der Waals surface area contributed by atoms with Crippen molar-refractivity contribution in [1.29, 1.82) is 0 Å². The number of carboxylic acid groups (broad SMARTS) is 1. The SMILES string of the molecule is CCC(NC(CN)OC)C(=O)O. The highest BCUT2D eigenvalue weighted by Gasteiger charge is 2.17. The maximum Gasteiger partial charge on any atom is 0.320 e. The fourth-order valence-corrected chi connectivity index (χ4v) is 0.820. The van der Waals surface area contributed by atoms with Crippen LogP contribution in [-0.2, 0) is 9.53 Å². The van der Waals surface area contributed by atoms with Crippen LogP contribution < -0.4 is 11.1 Å². The van der Waals surface area contributed by atoms with Gasteiger partial charge in [0.1, 0.15) is 12.3 Å². The van der Waals surface area contributed by atoms with Crippen molar-refractivity contribution in [3.05, 3.63) is 0 Å². The predicted octanol–water partition coefficient (Wildman–Crippen LogP) is -0.630. The van der Waals surface area contributed by atoms with Crippen molar-refractivity contribution in [3.8, 4) is 0 Å². The van der Waals surface area contributed by atoms with E-state index in [9.17, 15) is 4.79 Å². The standard InChI is InChI=1S/C7H16N2O3/c1-3-5(7(10)11)9-6(4-8)12-2/h5-6,9H,3-4,8H2,1-2H3,(H,10,11). The van der Waals surface area contributed by atoms with Gasteiger partial charge in [0.05, 0.1) is 0 Å². The van der Waals surface area contributed by atoms with Crippen LogP contribution in [0.25, 0.3) is 0 Å². The summed E-state index contributed by atoms with van der Waals surface area (Å²) in [5.74, 6) is -0.881. The first-order chi connectivity index (χ1) is 5.65. The molecule has 0 fully saturated rings. The van der Waals surface area contributed by atoms with Gasteiger partial charge in [0.2, 0.25) is 0 Å². The molecule has 0 aromatic heterocycles. The minimum Gasteiger partial charge on any atom is -0.480 e. The Labute approximate surface area is 71.9 Å². The predicted molar refractivity (Wildman–Crippen MR) is 44.7 cm³/mol. The summed E-state index contributed by atoms with van der Waals surface area (Å²) in [5, 5.41) is 11.4. The topological polar surface area (TPSA) is 84.6 Å². The average molecular weight is 176 g/mol. The van der Waals surface area contributed by atoms with E-state index in [1.165, 1.54) is 7.11 Å². The first kappa shape index (κ1) is 11.4. The van der Waals surface area contributed by atoms with E-state index in [0.29, 0.717) is 6.42 Å². The Morgan fingerprint density at radius 1 is 1.75 bits per heavy atom. The van der Waals surface area contributed by atoms with E-state index in [2.05, 4.69) is 5.32 Å². The lowest BCUT2D eigenvalue weighted by Gasteiger charge is -2.19. The molecule has 2 unspecified atom stereocenters. The molecule has 0 saturated carbocycles. The van der Waals surface area contributed by atoms with Gasteiger partial charge in [0, 0.05) is 13.7 Å². The Balaban J connectivity index is 3.91. The van der Waals surface area contributed by atoms with Crippen molar-refractivity contribution in [1.82, 2.24) is 5.32 Å². The van der Waals surface area contributed by atoms with E-state index < -0.39 is 12.0 Å². The molecule has 0 heterocycles. The summed E-state index contributed by atoms with van der Waals surface area (Å²) in [5.41, 5.74) is 5.31. The molecule has 0 saturated heterocycles. The van der Waals surface area contributed by atoms with E-state index in [1.807, 2.05) is 0 Å². The van der Waals surface area contributed by atoms with E-state index in [4.69, 9.17) is 15.6 Å². The van der Waals surface area contributed by atoms with Gasteiger partial charge in [-0.2, -0.15) is 0 Å². The Hall–Kier alpha value is -0.650. The first-order valence-corrected chi connectivity index (χ1v) is 3.87. The maximum atomic E-state index is 10.5. The number of nitrogens with two attached hydrogens (primary N) is 1. The van der Waals surface area contributed by atoms with E-state index in [-0.39, 0.29) is 12.8 Å². The quantitative estimate of drug-likeness (QED) is 0.469. The molecule has 0 bridgehead atoms. The van der Waals surface area contributed by atoms with Gasteiger partial charge in [-0.15, -0.1) is 0 Å². The lowest BCUT2D eigenvalue weighted by molar-refractivity contribution is -0.140. The Kier molecular flexibility index (Phi) is 5.61. The zero-order chi connectivity index (χ0) is 9.56. The van der Waals surface area contributed by atoms with Crippen LogP contribution in [0, 0.1) is 0 Å². The molecule has 0 radical (unpaired) electrons. The lowest BCUT2D eigenvalue weighted by Crippen LogP contribution is -2.47. The van der Waals surface area contributed by atoms with Gasteiger partial charge in [-0.05, 0) is 6.42 Å². The van der Waals surface area contributed by atoms with Gasteiger partial charge in [-0.1, -0.05) is 6.92 Å². The van der Waals surface area contributed by atoms with Gasteiger partial charge >= 0.3 is 5.97 Å². The number of carbonyl (C=O) groups is 1. The van der Waals surface area contributed by atoms with Gasteiger partial charge in [0.15, 0.2) is 0 Å². The van der Waals surface area contributed by atoms with Crippen molar-refractivity contribution >= 4 is 5.97 Å². The minimum atomic E-state index is -0.881. The molecule has 12 heavy (non-hydrogen) atoms. The van der Waals surface area contributed by atoms with E-state index >= 15 is 0 Å². The number of methoxy groups -OCH3 is 1. The van der Waals surface area contributed by atoms with Gasteiger partial charge in [0.25, 0.3) is 0 Å². The van der Waals surface area contributed by atoms with Crippen molar-refractivity contribution in [2.75, 3.05) is 13.7 Å². The number of carboxylic acids is 1. The summed E-state index contributed by atoms with van der Waals surface area (Å²) in [7, 11) is 1.49. The highest BCUT2D eigenvalue weighted by Crippen LogP contribution is 1.93. The molecular formula is C7H16N2O3. The number of nitrogens with one attached hydrogen (secondary N) is 1. The lowest BCUT2D eigenvalue weighted by atomic mass is 10.2. The molecule has 0 aromatic carbocycles. The minimum absolute atomic E-state index is 0.264. The third-order valence-electron chi connectivity index (χ3n) is 1.59. The van der Waals surface area contributed by atoms with Crippen LogP contribution in [0.3, 0.4) is 0 Å². The fraction of sp³-hybridized carbons (Fsp3) is 0.857. The Morgan fingerprint density at radius 3 is 2.58 bits per heavy atom. The van der Waals surface area contributed by atoms with Crippen LogP contribution in [0.4, 0.5) is 0 Å². The smallest absolute Gasteiger partial charge is 0.320 e. The summed E-state index contributed by atoms with van der Waals surface area (Å²) in [4.78, 5) is 10.5. The van der Waals surface area contributed by atoms with E-state index in [0.717, 1.165) is 0 Å². The molecule has 5 heteroatoms. The largest absolute Gasteiger partial charge is 0.480 e. The molecule has 2 atom stereocenters. The number of ether oxygens (including phenoxy) is 1.